The summed E-state index contributed by atoms with van der Waals surface area (Å²) in [6, 6.07) is 0. The van der Waals surface area contributed by atoms with Crippen molar-refractivity contribution in [2.45, 2.75) is 26.7 Å². The van der Waals surface area contributed by atoms with Crippen LogP contribution < -0.4 is 0 Å². The molecule has 0 fully saturated rings. The molecule has 0 rings (SSSR count). The molecule has 0 bridgehead atoms. The van der Waals surface area contributed by atoms with Gasteiger partial charge >= 0.3 is 0 Å². The summed E-state index contributed by atoms with van der Waals surface area (Å²) in [5.41, 5.74) is 1.14. The minimum Gasteiger partial charge on any atom is -0.288 e. The molecule has 0 radical (unpaired) electrons. The fraction of sp³-hybridized carbons (Fsp3) is 0.667. The molecule has 2 heteroatoms. The van der Waals surface area contributed by atoms with E-state index in [1.165, 1.54) is 0 Å². The van der Waals surface area contributed by atoms with E-state index in [9.17, 15) is 0 Å². The molecule has 11 heavy (non-hydrogen) atoms. The summed E-state index contributed by atoms with van der Waals surface area (Å²) in [5.74, 6) is 2.53. The lowest BCUT2D eigenvalue weighted by Crippen LogP contribution is -2.13. The minimum atomic E-state index is 0.584. The van der Waals surface area contributed by atoms with Crippen LogP contribution in [0.15, 0.2) is 5.10 Å². The first-order valence-corrected chi connectivity index (χ1v) is 3.89. The van der Waals surface area contributed by atoms with Crippen LogP contribution in [0.1, 0.15) is 26.7 Å². The second-order valence-corrected chi connectivity index (χ2v) is 2.61. The lowest BCUT2D eigenvalue weighted by atomic mass is 10.2. The van der Waals surface area contributed by atoms with Crippen molar-refractivity contribution in [3.63, 3.8) is 0 Å². The molecule has 0 unspecified atom stereocenters. The van der Waals surface area contributed by atoms with Gasteiger partial charge in [0, 0.05) is 12.8 Å². The summed E-state index contributed by atoms with van der Waals surface area (Å²) in [6.45, 7) is 4.75. The minimum absolute atomic E-state index is 0.584. The number of rotatable bonds is 4. The lowest BCUT2D eigenvalue weighted by Gasteiger charge is -2.09. The summed E-state index contributed by atoms with van der Waals surface area (Å²) in [6.07, 6.45) is 7.31. The quantitative estimate of drug-likeness (QED) is 0.340. The highest BCUT2D eigenvalue weighted by molar-refractivity contribution is 5.81. The van der Waals surface area contributed by atoms with Gasteiger partial charge in [-0.25, -0.2) is 0 Å². The van der Waals surface area contributed by atoms with Crippen molar-refractivity contribution in [1.29, 1.82) is 0 Å². The number of terminal acetylenes is 1. The van der Waals surface area contributed by atoms with Crippen LogP contribution >= 0.6 is 0 Å². The summed E-state index contributed by atoms with van der Waals surface area (Å²) >= 11 is 0. The standard InChI is InChI=1S/C9H16N2/c1-5-7-9(3)10-11(4)8-6-2/h2H,5,7-8H2,1,3-4H3/b10-9+. The Kier molecular flexibility index (Phi) is 5.28. The molecule has 0 aliphatic rings. The number of hydrazone groups is 1. The van der Waals surface area contributed by atoms with Crippen molar-refractivity contribution in [3.8, 4) is 12.3 Å². The normalized spacial score (nSPS) is 10.9. The molecule has 0 aromatic heterocycles. The van der Waals surface area contributed by atoms with Gasteiger partial charge in [-0.05, 0) is 13.3 Å². The zero-order valence-corrected chi connectivity index (χ0v) is 7.59. The largest absolute Gasteiger partial charge is 0.288 e. The Labute approximate surface area is 69.3 Å². The first-order valence-electron chi connectivity index (χ1n) is 3.89. The molecule has 0 amide bonds. The number of hydrogen-bond acceptors (Lipinski definition) is 2. The van der Waals surface area contributed by atoms with Crippen LogP contribution in [0.2, 0.25) is 0 Å². The van der Waals surface area contributed by atoms with Crippen LogP contribution in [-0.4, -0.2) is 24.3 Å². The Morgan fingerprint density at radius 3 is 2.73 bits per heavy atom. The van der Waals surface area contributed by atoms with Crippen molar-refractivity contribution in [3.05, 3.63) is 0 Å². The molecule has 0 spiro atoms. The van der Waals surface area contributed by atoms with E-state index >= 15 is 0 Å². The van der Waals surface area contributed by atoms with E-state index in [0.717, 1.165) is 18.6 Å². The predicted octanol–water partition coefficient (Wildman–Crippen LogP) is 1.73. The highest BCUT2D eigenvalue weighted by Gasteiger charge is 1.91. The SMILES string of the molecule is C#CCN(C)/N=C(\C)CCC. The molecule has 62 valence electrons. The summed E-state index contributed by atoms with van der Waals surface area (Å²) in [5, 5.41) is 6.05. The fourth-order valence-electron chi connectivity index (χ4n) is 0.871. The van der Waals surface area contributed by atoms with E-state index in [0.29, 0.717) is 6.54 Å². The number of nitrogens with zero attached hydrogens (tertiary/aromatic N) is 2. The molecule has 0 aliphatic carbocycles. The highest BCUT2D eigenvalue weighted by Crippen LogP contribution is 1.93. The van der Waals surface area contributed by atoms with E-state index in [-0.39, 0.29) is 0 Å². The van der Waals surface area contributed by atoms with Gasteiger partial charge in [0.1, 0.15) is 0 Å². The summed E-state index contributed by atoms with van der Waals surface area (Å²) in [7, 11) is 1.89. The molecule has 0 saturated heterocycles. The molecule has 0 aromatic rings. The van der Waals surface area contributed by atoms with Gasteiger partial charge in [0.15, 0.2) is 0 Å². The van der Waals surface area contributed by atoms with Crippen LogP contribution in [0.4, 0.5) is 0 Å². The van der Waals surface area contributed by atoms with Gasteiger partial charge in [0.05, 0.1) is 6.54 Å². The van der Waals surface area contributed by atoms with E-state index in [2.05, 4.69) is 17.9 Å². The highest BCUT2D eigenvalue weighted by atomic mass is 15.4. The topological polar surface area (TPSA) is 15.6 Å². The van der Waals surface area contributed by atoms with Crippen molar-refractivity contribution < 1.29 is 0 Å². The van der Waals surface area contributed by atoms with Crippen LogP contribution in [0.3, 0.4) is 0 Å². The van der Waals surface area contributed by atoms with E-state index in [1.807, 2.05) is 14.0 Å². The Hall–Kier alpha value is -0.970. The molecule has 0 aliphatic heterocycles. The first kappa shape index (κ1) is 10.0. The second kappa shape index (κ2) is 5.79. The van der Waals surface area contributed by atoms with Gasteiger partial charge in [-0.3, -0.25) is 5.01 Å². The maximum Gasteiger partial charge on any atom is 0.0962 e. The fourth-order valence-corrected chi connectivity index (χ4v) is 0.871. The third-order valence-corrected chi connectivity index (χ3v) is 1.27. The van der Waals surface area contributed by atoms with Crippen molar-refractivity contribution in [1.82, 2.24) is 5.01 Å². The van der Waals surface area contributed by atoms with E-state index < -0.39 is 0 Å². The molecule has 0 N–H and O–H groups in total. The van der Waals surface area contributed by atoms with Gasteiger partial charge in [-0.2, -0.15) is 5.10 Å². The van der Waals surface area contributed by atoms with Crippen molar-refractivity contribution in [2.75, 3.05) is 13.6 Å². The smallest absolute Gasteiger partial charge is 0.0962 e. The zero-order chi connectivity index (χ0) is 8.69. The maximum atomic E-state index is 5.12. The molecule has 0 atom stereocenters. The summed E-state index contributed by atoms with van der Waals surface area (Å²) < 4.78 is 0. The van der Waals surface area contributed by atoms with E-state index in [1.54, 1.807) is 5.01 Å². The molecular weight excluding hydrogens is 136 g/mol. The van der Waals surface area contributed by atoms with Gasteiger partial charge in [0.25, 0.3) is 0 Å². The Morgan fingerprint density at radius 2 is 2.27 bits per heavy atom. The molecule has 0 aromatic carbocycles. The Morgan fingerprint density at radius 1 is 1.64 bits per heavy atom. The Balaban J connectivity index is 3.78. The van der Waals surface area contributed by atoms with Crippen molar-refractivity contribution >= 4 is 5.71 Å². The average Bonchev–Trinajstić information content (AvgIpc) is 1.87. The number of hydrogen-bond donors (Lipinski definition) is 0. The van der Waals surface area contributed by atoms with E-state index in [4.69, 9.17) is 6.42 Å². The maximum absolute atomic E-state index is 5.12. The van der Waals surface area contributed by atoms with Crippen molar-refractivity contribution in [2.24, 2.45) is 5.10 Å². The van der Waals surface area contributed by atoms with Gasteiger partial charge in [0.2, 0.25) is 0 Å². The van der Waals surface area contributed by atoms with Gasteiger partial charge in [-0.1, -0.05) is 19.3 Å². The van der Waals surface area contributed by atoms with Crippen LogP contribution in [0.25, 0.3) is 0 Å². The van der Waals surface area contributed by atoms with Crippen LogP contribution in [0.5, 0.6) is 0 Å². The molecule has 0 heterocycles. The third-order valence-electron chi connectivity index (χ3n) is 1.27. The van der Waals surface area contributed by atoms with Gasteiger partial charge in [-0.15, -0.1) is 6.42 Å². The van der Waals surface area contributed by atoms with Crippen LogP contribution in [0, 0.1) is 12.3 Å². The first-order chi connectivity index (χ1) is 5.20. The summed E-state index contributed by atoms with van der Waals surface area (Å²) in [4.78, 5) is 0. The monoisotopic (exact) mass is 152 g/mol. The average molecular weight is 152 g/mol. The Bertz CT molecular complexity index is 165. The lowest BCUT2D eigenvalue weighted by molar-refractivity contribution is 0.399. The molecular formula is C9H16N2. The van der Waals surface area contributed by atoms with Crippen LogP contribution in [-0.2, 0) is 0 Å². The third kappa shape index (κ3) is 5.47. The zero-order valence-electron chi connectivity index (χ0n) is 7.59. The second-order valence-electron chi connectivity index (χ2n) is 2.61. The van der Waals surface area contributed by atoms with Gasteiger partial charge < -0.3 is 0 Å². The molecule has 2 nitrogen and oxygen atoms in total. The predicted molar refractivity (Wildman–Crippen MR) is 49.5 cm³/mol. The molecule has 0 saturated carbocycles.